The number of likely N-dealkylation sites (tertiary alicyclic amines) is 1. The first-order chi connectivity index (χ1) is 9.78. The molecule has 1 N–H and O–H groups in total. The molecule has 5 heteroatoms. The molecule has 1 aromatic carbocycles. The molecule has 5 nitrogen and oxygen atoms in total. The summed E-state index contributed by atoms with van der Waals surface area (Å²) in [5.41, 5.74) is 0.949. The predicted molar refractivity (Wildman–Crippen MR) is 76.0 cm³/mol. The van der Waals surface area contributed by atoms with E-state index in [0.29, 0.717) is 13.1 Å². The predicted octanol–water partition coefficient (Wildman–Crippen LogP) is 1.50. The number of benzene rings is 1. The molecule has 1 fully saturated rings. The Labute approximate surface area is 118 Å². The van der Waals surface area contributed by atoms with Crippen molar-refractivity contribution >= 4 is 11.6 Å². The van der Waals surface area contributed by atoms with Crippen molar-refractivity contribution in [2.75, 3.05) is 32.1 Å². The molecule has 0 aliphatic carbocycles. The number of hydrogen-bond donors (Lipinski definition) is 1. The largest absolute Gasteiger partial charge is 0.477 e. The maximum absolute atomic E-state index is 12.5. The Balaban J connectivity index is 1.67. The highest BCUT2D eigenvalue weighted by atomic mass is 16.5. The van der Waals surface area contributed by atoms with Gasteiger partial charge in [-0.3, -0.25) is 4.79 Å². The zero-order chi connectivity index (χ0) is 13.9. The summed E-state index contributed by atoms with van der Waals surface area (Å²) in [7, 11) is 1.70. The number of fused-ring (bicyclic) bond motifs is 1. The number of rotatable bonds is 2. The van der Waals surface area contributed by atoms with E-state index in [1.54, 1.807) is 7.11 Å². The lowest BCUT2D eigenvalue weighted by molar-refractivity contribution is -0.141. The first kappa shape index (κ1) is 13.2. The number of methoxy groups -OCH3 is 1. The maximum Gasteiger partial charge on any atom is 0.265 e. The molecule has 1 saturated heterocycles. The minimum absolute atomic E-state index is 0.0498. The lowest BCUT2D eigenvalue weighted by Gasteiger charge is -2.35. The van der Waals surface area contributed by atoms with E-state index >= 15 is 0 Å². The minimum atomic E-state index is -0.444. The van der Waals surface area contributed by atoms with Crippen LogP contribution in [0.25, 0.3) is 0 Å². The SMILES string of the molecule is COC1CCCN(C(=O)C2CNc3ccccc3O2)C1. The summed E-state index contributed by atoms with van der Waals surface area (Å²) in [6.45, 7) is 1.97. The summed E-state index contributed by atoms with van der Waals surface area (Å²) in [6, 6.07) is 7.70. The van der Waals surface area contributed by atoms with Crippen LogP contribution in [0.1, 0.15) is 12.8 Å². The van der Waals surface area contributed by atoms with Crippen LogP contribution in [0, 0.1) is 0 Å². The fourth-order valence-corrected chi connectivity index (χ4v) is 2.79. The van der Waals surface area contributed by atoms with Gasteiger partial charge in [-0.1, -0.05) is 12.1 Å². The third-order valence-corrected chi connectivity index (χ3v) is 3.93. The van der Waals surface area contributed by atoms with E-state index in [-0.39, 0.29) is 12.0 Å². The van der Waals surface area contributed by atoms with E-state index in [2.05, 4.69) is 5.32 Å². The monoisotopic (exact) mass is 276 g/mol. The summed E-state index contributed by atoms with van der Waals surface area (Å²) in [6.07, 6.45) is 1.71. The Bertz CT molecular complexity index is 492. The van der Waals surface area contributed by atoms with Crippen LogP contribution in [-0.2, 0) is 9.53 Å². The second kappa shape index (κ2) is 5.71. The topological polar surface area (TPSA) is 50.8 Å². The zero-order valence-electron chi connectivity index (χ0n) is 11.7. The van der Waals surface area contributed by atoms with E-state index in [1.807, 2.05) is 29.2 Å². The summed E-state index contributed by atoms with van der Waals surface area (Å²) in [5, 5.41) is 3.25. The fraction of sp³-hybridized carbons (Fsp3) is 0.533. The molecular formula is C15H20N2O3. The third kappa shape index (κ3) is 2.58. The molecular weight excluding hydrogens is 256 g/mol. The molecule has 1 aromatic rings. The van der Waals surface area contributed by atoms with Crippen molar-refractivity contribution < 1.29 is 14.3 Å². The molecule has 2 aliphatic rings. The highest BCUT2D eigenvalue weighted by Gasteiger charge is 2.32. The van der Waals surface area contributed by atoms with Gasteiger partial charge in [0.25, 0.3) is 5.91 Å². The molecule has 0 bridgehead atoms. The van der Waals surface area contributed by atoms with Gasteiger partial charge in [-0.05, 0) is 25.0 Å². The quantitative estimate of drug-likeness (QED) is 0.889. The van der Waals surface area contributed by atoms with Gasteiger partial charge in [0.1, 0.15) is 5.75 Å². The Morgan fingerprint density at radius 1 is 1.45 bits per heavy atom. The third-order valence-electron chi connectivity index (χ3n) is 3.93. The van der Waals surface area contributed by atoms with Crippen molar-refractivity contribution in [2.24, 2.45) is 0 Å². The van der Waals surface area contributed by atoms with E-state index in [0.717, 1.165) is 30.8 Å². The van der Waals surface area contributed by atoms with Gasteiger partial charge >= 0.3 is 0 Å². The van der Waals surface area contributed by atoms with Gasteiger partial charge in [0.05, 0.1) is 18.3 Å². The summed E-state index contributed by atoms with van der Waals surface area (Å²) >= 11 is 0. The van der Waals surface area contributed by atoms with Crippen molar-refractivity contribution in [3.63, 3.8) is 0 Å². The Morgan fingerprint density at radius 3 is 3.15 bits per heavy atom. The van der Waals surface area contributed by atoms with E-state index in [1.165, 1.54) is 0 Å². The number of ether oxygens (including phenoxy) is 2. The Hall–Kier alpha value is -1.75. The highest BCUT2D eigenvalue weighted by Crippen LogP contribution is 2.29. The van der Waals surface area contributed by atoms with Gasteiger partial charge in [0.2, 0.25) is 0 Å². The highest BCUT2D eigenvalue weighted by molar-refractivity contribution is 5.83. The molecule has 2 aliphatic heterocycles. The van der Waals surface area contributed by atoms with Gasteiger partial charge in [0.15, 0.2) is 6.10 Å². The van der Waals surface area contributed by atoms with Crippen molar-refractivity contribution in [3.05, 3.63) is 24.3 Å². The standard InChI is InChI=1S/C15H20N2O3/c1-19-11-5-4-8-17(10-11)15(18)14-9-16-12-6-2-3-7-13(12)20-14/h2-3,6-7,11,14,16H,4-5,8-10H2,1H3. The first-order valence-electron chi connectivity index (χ1n) is 7.09. The van der Waals surface area contributed by atoms with Gasteiger partial charge < -0.3 is 19.7 Å². The molecule has 0 radical (unpaired) electrons. The normalized spacial score (nSPS) is 25.4. The Morgan fingerprint density at radius 2 is 2.30 bits per heavy atom. The number of amides is 1. The molecule has 108 valence electrons. The number of hydrogen-bond acceptors (Lipinski definition) is 4. The van der Waals surface area contributed by atoms with Crippen LogP contribution in [0.5, 0.6) is 5.75 Å². The lowest BCUT2D eigenvalue weighted by atomic mass is 10.1. The van der Waals surface area contributed by atoms with Crippen LogP contribution < -0.4 is 10.1 Å². The lowest BCUT2D eigenvalue weighted by Crippen LogP contribution is -2.51. The van der Waals surface area contributed by atoms with Gasteiger partial charge in [0, 0.05) is 20.2 Å². The summed E-state index contributed by atoms with van der Waals surface area (Å²) in [4.78, 5) is 14.4. The van der Waals surface area contributed by atoms with Gasteiger partial charge in [-0.25, -0.2) is 0 Å². The van der Waals surface area contributed by atoms with E-state index < -0.39 is 6.10 Å². The van der Waals surface area contributed by atoms with Crippen molar-refractivity contribution in [3.8, 4) is 5.75 Å². The van der Waals surface area contributed by atoms with Crippen molar-refractivity contribution in [2.45, 2.75) is 25.0 Å². The number of carbonyl (C=O) groups excluding carboxylic acids is 1. The van der Waals surface area contributed by atoms with Gasteiger partial charge in [-0.2, -0.15) is 0 Å². The number of nitrogens with zero attached hydrogens (tertiary/aromatic N) is 1. The molecule has 20 heavy (non-hydrogen) atoms. The van der Waals surface area contributed by atoms with Crippen molar-refractivity contribution in [1.82, 2.24) is 4.90 Å². The number of para-hydroxylation sites is 2. The molecule has 2 heterocycles. The first-order valence-corrected chi connectivity index (χ1v) is 7.09. The second-order valence-electron chi connectivity index (χ2n) is 5.27. The molecule has 2 unspecified atom stereocenters. The number of carbonyl (C=O) groups is 1. The molecule has 0 aromatic heterocycles. The molecule has 1 amide bonds. The van der Waals surface area contributed by atoms with E-state index in [9.17, 15) is 4.79 Å². The average molecular weight is 276 g/mol. The summed E-state index contributed by atoms with van der Waals surface area (Å²) < 4.78 is 11.2. The molecule has 0 saturated carbocycles. The summed E-state index contributed by atoms with van der Waals surface area (Å²) in [5.74, 6) is 0.797. The average Bonchev–Trinajstić information content (AvgIpc) is 2.53. The van der Waals surface area contributed by atoms with Crippen LogP contribution in [0.4, 0.5) is 5.69 Å². The van der Waals surface area contributed by atoms with Crippen LogP contribution in [-0.4, -0.2) is 49.8 Å². The molecule has 2 atom stereocenters. The smallest absolute Gasteiger partial charge is 0.265 e. The second-order valence-corrected chi connectivity index (χ2v) is 5.27. The van der Waals surface area contributed by atoms with Crippen LogP contribution in [0.2, 0.25) is 0 Å². The number of piperidine rings is 1. The zero-order valence-corrected chi connectivity index (χ0v) is 11.7. The van der Waals surface area contributed by atoms with Crippen LogP contribution >= 0.6 is 0 Å². The number of anilines is 1. The van der Waals surface area contributed by atoms with Gasteiger partial charge in [-0.15, -0.1) is 0 Å². The molecule has 0 spiro atoms. The Kier molecular flexibility index (Phi) is 3.78. The fourth-order valence-electron chi connectivity index (χ4n) is 2.79. The van der Waals surface area contributed by atoms with Crippen LogP contribution in [0.15, 0.2) is 24.3 Å². The van der Waals surface area contributed by atoms with E-state index in [4.69, 9.17) is 9.47 Å². The number of nitrogens with one attached hydrogen (secondary N) is 1. The molecule has 3 rings (SSSR count). The van der Waals surface area contributed by atoms with Crippen molar-refractivity contribution in [1.29, 1.82) is 0 Å². The van der Waals surface area contributed by atoms with Crippen LogP contribution in [0.3, 0.4) is 0 Å². The minimum Gasteiger partial charge on any atom is -0.477 e. The maximum atomic E-state index is 12.5.